The summed E-state index contributed by atoms with van der Waals surface area (Å²) < 4.78 is 11.0. The third-order valence-electron chi connectivity index (χ3n) is 4.65. The van der Waals surface area contributed by atoms with E-state index in [1.54, 1.807) is 30.5 Å². The minimum Gasteiger partial charge on any atom is -0.484 e. The number of rotatable bonds is 11. The molecule has 0 radical (unpaired) electrons. The molecule has 0 bridgehead atoms. The van der Waals surface area contributed by atoms with Crippen LogP contribution < -0.4 is 15.5 Å². The molecule has 1 heterocycles. The van der Waals surface area contributed by atoms with E-state index in [1.165, 1.54) is 11.8 Å². The lowest BCUT2D eigenvalue weighted by Gasteiger charge is -2.11. The Hall–Kier alpha value is -2.55. The molecular weight excluding hydrogens is 450 g/mol. The van der Waals surface area contributed by atoms with Gasteiger partial charge in [-0.3, -0.25) is 9.59 Å². The van der Waals surface area contributed by atoms with Crippen molar-refractivity contribution in [1.82, 2.24) is 10.7 Å². The van der Waals surface area contributed by atoms with Gasteiger partial charge in [0.1, 0.15) is 5.75 Å². The first kappa shape index (κ1) is 24.1. The molecule has 7 nitrogen and oxygen atoms in total. The molecule has 2 N–H and O–H groups in total. The Bertz CT molecular complexity index is 918. The number of ether oxygens (including phenoxy) is 2. The van der Waals surface area contributed by atoms with Crippen molar-refractivity contribution < 1.29 is 19.1 Å². The van der Waals surface area contributed by atoms with Crippen LogP contribution in [-0.2, 0) is 20.1 Å². The third-order valence-corrected chi connectivity index (χ3v) is 6.00. The molecule has 2 aromatic rings. The maximum Gasteiger partial charge on any atom is 0.258 e. The van der Waals surface area contributed by atoms with E-state index >= 15 is 0 Å². The first-order valence-electron chi connectivity index (χ1n) is 10.3. The van der Waals surface area contributed by atoms with Gasteiger partial charge in [0.25, 0.3) is 5.91 Å². The second-order valence-corrected chi connectivity index (χ2v) is 8.57. The molecule has 0 saturated carbocycles. The third kappa shape index (κ3) is 8.53. The fourth-order valence-electron chi connectivity index (χ4n) is 2.96. The molecule has 1 saturated heterocycles. The Kier molecular flexibility index (Phi) is 9.87. The highest BCUT2D eigenvalue weighted by Gasteiger charge is 2.16. The van der Waals surface area contributed by atoms with Gasteiger partial charge in [0, 0.05) is 23.9 Å². The summed E-state index contributed by atoms with van der Waals surface area (Å²) in [6.45, 7) is 1.23. The molecule has 1 atom stereocenters. The number of hydrogen-bond donors (Lipinski definition) is 2. The molecule has 1 aliphatic heterocycles. The van der Waals surface area contributed by atoms with Crippen molar-refractivity contribution >= 4 is 41.4 Å². The van der Waals surface area contributed by atoms with Crippen LogP contribution in [0.2, 0.25) is 5.02 Å². The summed E-state index contributed by atoms with van der Waals surface area (Å²) in [6, 6.07) is 14.6. The van der Waals surface area contributed by atoms with Crippen LogP contribution in [0.5, 0.6) is 5.75 Å². The van der Waals surface area contributed by atoms with Crippen LogP contribution in [-0.4, -0.2) is 49.6 Å². The number of halogens is 1. The Labute approximate surface area is 196 Å². The van der Waals surface area contributed by atoms with Gasteiger partial charge in [0.2, 0.25) is 5.91 Å². The van der Waals surface area contributed by atoms with E-state index in [9.17, 15) is 9.59 Å². The van der Waals surface area contributed by atoms with Gasteiger partial charge in [-0.25, -0.2) is 5.43 Å². The van der Waals surface area contributed by atoms with E-state index in [-0.39, 0.29) is 30.3 Å². The number of nitrogens with one attached hydrogen (secondary N) is 2. The van der Waals surface area contributed by atoms with Crippen molar-refractivity contribution in [2.24, 2.45) is 5.10 Å². The van der Waals surface area contributed by atoms with Gasteiger partial charge < -0.3 is 14.8 Å². The molecule has 170 valence electrons. The quantitative estimate of drug-likeness (QED) is 0.384. The Morgan fingerprint density at radius 3 is 2.75 bits per heavy atom. The lowest BCUT2D eigenvalue weighted by atomic mass is 10.2. The van der Waals surface area contributed by atoms with Gasteiger partial charge in [0.15, 0.2) is 6.61 Å². The molecule has 1 fully saturated rings. The van der Waals surface area contributed by atoms with E-state index in [2.05, 4.69) is 15.8 Å². The first-order chi connectivity index (χ1) is 15.6. The molecule has 1 aliphatic rings. The van der Waals surface area contributed by atoms with Crippen molar-refractivity contribution in [3.63, 3.8) is 0 Å². The Morgan fingerprint density at radius 2 is 2.00 bits per heavy atom. The zero-order valence-corrected chi connectivity index (χ0v) is 19.2. The molecular formula is C23H26ClN3O4S. The normalized spacial score (nSPS) is 15.6. The van der Waals surface area contributed by atoms with Gasteiger partial charge in [-0.15, -0.1) is 11.8 Å². The second-order valence-electron chi connectivity index (χ2n) is 7.17. The SMILES string of the molecule is O=C(COc1ccc(/C=N\NC(=O)CSCc2ccccc2Cl)cc1)NC[C@H]1CCCO1. The molecule has 32 heavy (non-hydrogen) atoms. The van der Waals surface area contributed by atoms with E-state index < -0.39 is 0 Å². The number of nitrogens with zero attached hydrogens (tertiary/aromatic N) is 1. The van der Waals surface area contributed by atoms with Crippen LogP contribution in [0, 0.1) is 0 Å². The van der Waals surface area contributed by atoms with Gasteiger partial charge in [0.05, 0.1) is 18.1 Å². The zero-order chi connectivity index (χ0) is 22.6. The molecule has 0 unspecified atom stereocenters. The molecule has 2 aromatic carbocycles. The van der Waals surface area contributed by atoms with Gasteiger partial charge >= 0.3 is 0 Å². The summed E-state index contributed by atoms with van der Waals surface area (Å²) in [5, 5.41) is 7.48. The van der Waals surface area contributed by atoms with Crippen molar-refractivity contribution in [2.45, 2.75) is 24.7 Å². The van der Waals surface area contributed by atoms with Crippen LogP contribution >= 0.6 is 23.4 Å². The minimum absolute atomic E-state index is 0.0535. The monoisotopic (exact) mass is 475 g/mol. The molecule has 3 rings (SSSR count). The number of hydrazone groups is 1. The smallest absolute Gasteiger partial charge is 0.258 e. The van der Waals surface area contributed by atoms with Crippen molar-refractivity contribution in [3.8, 4) is 5.75 Å². The highest BCUT2D eigenvalue weighted by Crippen LogP contribution is 2.20. The zero-order valence-electron chi connectivity index (χ0n) is 17.6. The summed E-state index contributed by atoms with van der Waals surface area (Å²) in [6.07, 6.45) is 3.68. The standard InChI is InChI=1S/C23H26ClN3O4S/c24-21-6-2-1-4-18(21)15-32-16-23(29)27-26-12-17-7-9-19(10-8-17)31-14-22(28)25-13-20-5-3-11-30-20/h1-2,4,6-10,12,20H,3,5,11,13-16H2,(H,25,28)(H,27,29)/b26-12-/t20-/m1/s1. The fraction of sp³-hybridized carbons (Fsp3) is 0.348. The lowest BCUT2D eigenvalue weighted by molar-refractivity contribution is -0.123. The molecule has 0 spiro atoms. The molecule has 9 heteroatoms. The summed E-state index contributed by atoms with van der Waals surface area (Å²) in [4.78, 5) is 23.8. The van der Waals surface area contributed by atoms with Crippen LogP contribution in [0.15, 0.2) is 53.6 Å². The van der Waals surface area contributed by atoms with E-state index in [0.717, 1.165) is 30.6 Å². The average Bonchev–Trinajstić information content (AvgIpc) is 3.32. The first-order valence-corrected chi connectivity index (χ1v) is 11.9. The summed E-state index contributed by atoms with van der Waals surface area (Å²) >= 11 is 7.57. The van der Waals surface area contributed by atoms with Gasteiger partial charge in [-0.2, -0.15) is 5.10 Å². The number of carbonyl (C=O) groups is 2. The second kappa shape index (κ2) is 13.1. The summed E-state index contributed by atoms with van der Waals surface area (Å²) in [7, 11) is 0. The van der Waals surface area contributed by atoms with E-state index in [0.29, 0.717) is 23.1 Å². The predicted octanol–water partition coefficient (Wildman–Crippen LogP) is 3.40. The number of thioether (sulfide) groups is 1. The van der Waals surface area contributed by atoms with Crippen LogP contribution in [0.25, 0.3) is 0 Å². The maximum absolute atomic E-state index is 11.9. The van der Waals surface area contributed by atoms with Crippen LogP contribution in [0.3, 0.4) is 0 Å². The van der Waals surface area contributed by atoms with E-state index in [4.69, 9.17) is 21.1 Å². The number of amides is 2. The molecule has 0 aromatic heterocycles. The lowest BCUT2D eigenvalue weighted by Crippen LogP contribution is -2.35. The van der Waals surface area contributed by atoms with Gasteiger partial charge in [-0.05, 0) is 54.3 Å². The summed E-state index contributed by atoms with van der Waals surface area (Å²) in [5.41, 5.74) is 4.30. The maximum atomic E-state index is 11.9. The summed E-state index contributed by atoms with van der Waals surface area (Å²) in [5.74, 6) is 1.15. The van der Waals surface area contributed by atoms with Crippen molar-refractivity contribution in [1.29, 1.82) is 0 Å². The Morgan fingerprint density at radius 1 is 1.19 bits per heavy atom. The van der Waals surface area contributed by atoms with E-state index in [1.807, 2.05) is 24.3 Å². The topological polar surface area (TPSA) is 89.0 Å². The minimum atomic E-state index is -0.188. The fourth-order valence-corrected chi connectivity index (χ4v) is 4.07. The van der Waals surface area contributed by atoms with Crippen LogP contribution in [0.4, 0.5) is 0 Å². The average molecular weight is 476 g/mol. The van der Waals surface area contributed by atoms with Crippen molar-refractivity contribution in [3.05, 3.63) is 64.7 Å². The number of benzene rings is 2. The van der Waals surface area contributed by atoms with Gasteiger partial charge in [-0.1, -0.05) is 29.8 Å². The predicted molar refractivity (Wildman–Crippen MR) is 127 cm³/mol. The molecule has 2 amide bonds. The largest absolute Gasteiger partial charge is 0.484 e. The number of carbonyl (C=O) groups excluding carboxylic acids is 2. The number of hydrogen-bond acceptors (Lipinski definition) is 6. The highest BCUT2D eigenvalue weighted by molar-refractivity contribution is 7.99. The molecule has 0 aliphatic carbocycles. The van der Waals surface area contributed by atoms with Crippen molar-refractivity contribution in [2.75, 3.05) is 25.5 Å². The Balaban J connectivity index is 1.31. The van der Waals surface area contributed by atoms with Crippen LogP contribution in [0.1, 0.15) is 24.0 Å². The highest BCUT2D eigenvalue weighted by atomic mass is 35.5.